The van der Waals surface area contributed by atoms with Crippen LogP contribution in [-0.2, 0) is 4.74 Å². The standard InChI is InChI=1S/C13H11ClN2O3S/c1-18-13(17)12-9(4-5-10(14)16-12)19-8-3-6-11(20-2)15-7-8/h3-7H,1-2H3. The van der Waals surface area contributed by atoms with E-state index in [2.05, 4.69) is 14.7 Å². The lowest BCUT2D eigenvalue weighted by atomic mass is 10.3. The highest BCUT2D eigenvalue weighted by molar-refractivity contribution is 7.98. The molecule has 0 radical (unpaired) electrons. The van der Waals surface area contributed by atoms with Crippen LogP contribution in [0.25, 0.3) is 0 Å². The van der Waals surface area contributed by atoms with Crippen LogP contribution in [0, 0.1) is 0 Å². The zero-order valence-corrected chi connectivity index (χ0v) is 12.4. The first kappa shape index (κ1) is 14.6. The van der Waals surface area contributed by atoms with E-state index in [1.807, 2.05) is 12.3 Å². The average molecular weight is 311 g/mol. The van der Waals surface area contributed by atoms with Gasteiger partial charge in [-0.25, -0.2) is 14.8 Å². The zero-order valence-electron chi connectivity index (χ0n) is 10.8. The molecule has 2 aromatic rings. The van der Waals surface area contributed by atoms with Gasteiger partial charge in [0.25, 0.3) is 0 Å². The Hall–Kier alpha value is -1.79. The predicted octanol–water partition coefficient (Wildman–Crippen LogP) is 3.43. The number of rotatable bonds is 4. The lowest BCUT2D eigenvalue weighted by Gasteiger charge is -2.09. The molecule has 0 amide bonds. The van der Waals surface area contributed by atoms with Gasteiger partial charge in [-0.3, -0.25) is 0 Å². The number of ether oxygens (including phenoxy) is 2. The van der Waals surface area contributed by atoms with E-state index in [0.717, 1.165) is 5.03 Å². The third-order valence-electron chi connectivity index (χ3n) is 2.35. The molecule has 0 N–H and O–H groups in total. The third-order valence-corrected chi connectivity index (χ3v) is 3.22. The highest BCUT2D eigenvalue weighted by atomic mass is 35.5. The maximum atomic E-state index is 11.6. The Labute approximate surface area is 125 Å². The fourth-order valence-corrected chi connectivity index (χ4v) is 1.93. The lowest BCUT2D eigenvalue weighted by Crippen LogP contribution is -2.06. The summed E-state index contributed by atoms with van der Waals surface area (Å²) in [5, 5.41) is 1.06. The van der Waals surface area contributed by atoms with Crippen LogP contribution >= 0.6 is 23.4 Å². The second-order valence-corrected chi connectivity index (χ2v) is 4.82. The van der Waals surface area contributed by atoms with Gasteiger partial charge in [-0.1, -0.05) is 11.6 Å². The lowest BCUT2D eigenvalue weighted by molar-refractivity contribution is 0.0591. The van der Waals surface area contributed by atoms with E-state index in [1.165, 1.54) is 24.9 Å². The largest absolute Gasteiger partial charge is 0.464 e. The number of nitrogens with zero attached hydrogens (tertiary/aromatic N) is 2. The van der Waals surface area contributed by atoms with E-state index in [0.29, 0.717) is 5.75 Å². The van der Waals surface area contributed by atoms with E-state index in [9.17, 15) is 4.79 Å². The summed E-state index contributed by atoms with van der Waals surface area (Å²) in [6.07, 6.45) is 3.50. The minimum atomic E-state index is -0.615. The molecule has 0 spiro atoms. The number of hydrogen-bond donors (Lipinski definition) is 0. The number of methoxy groups -OCH3 is 1. The second-order valence-electron chi connectivity index (χ2n) is 3.61. The van der Waals surface area contributed by atoms with Gasteiger partial charge < -0.3 is 9.47 Å². The number of carbonyl (C=O) groups excluding carboxylic acids is 1. The Morgan fingerprint density at radius 1 is 1.30 bits per heavy atom. The maximum absolute atomic E-state index is 11.6. The van der Waals surface area contributed by atoms with Gasteiger partial charge >= 0.3 is 5.97 Å². The van der Waals surface area contributed by atoms with Crippen LogP contribution in [0.5, 0.6) is 11.5 Å². The van der Waals surface area contributed by atoms with Crippen LogP contribution in [0.15, 0.2) is 35.5 Å². The summed E-state index contributed by atoms with van der Waals surface area (Å²) in [6, 6.07) is 6.67. The molecular weight excluding hydrogens is 300 g/mol. The molecule has 20 heavy (non-hydrogen) atoms. The second kappa shape index (κ2) is 6.58. The summed E-state index contributed by atoms with van der Waals surface area (Å²) >= 11 is 7.30. The Morgan fingerprint density at radius 3 is 2.70 bits per heavy atom. The van der Waals surface area contributed by atoms with Crippen molar-refractivity contribution in [1.29, 1.82) is 0 Å². The number of pyridine rings is 2. The molecule has 0 atom stereocenters. The SMILES string of the molecule is COC(=O)c1nc(Cl)ccc1Oc1ccc(SC)nc1. The van der Waals surface area contributed by atoms with E-state index >= 15 is 0 Å². The summed E-state index contributed by atoms with van der Waals surface area (Å²) in [5.41, 5.74) is 0.0222. The Morgan fingerprint density at radius 2 is 2.10 bits per heavy atom. The first-order chi connectivity index (χ1) is 9.63. The average Bonchev–Trinajstić information content (AvgIpc) is 2.49. The van der Waals surface area contributed by atoms with Gasteiger partial charge in [0.05, 0.1) is 18.3 Å². The molecule has 7 heteroatoms. The fourth-order valence-electron chi connectivity index (χ4n) is 1.42. The fraction of sp³-hybridized carbons (Fsp3) is 0.154. The van der Waals surface area contributed by atoms with Gasteiger partial charge in [-0.2, -0.15) is 0 Å². The third kappa shape index (κ3) is 3.40. The number of thioether (sulfide) groups is 1. The van der Waals surface area contributed by atoms with Crippen molar-refractivity contribution < 1.29 is 14.3 Å². The van der Waals surface area contributed by atoms with Crippen LogP contribution in [0.3, 0.4) is 0 Å². The number of carbonyl (C=O) groups is 1. The molecule has 0 unspecified atom stereocenters. The molecule has 0 aliphatic carbocycles. The van der Waals surface area contributed by atoms with E-state index in [-0.39, 0.29) is 16.6 Å². The van der Waals surface area contributed by atoms with Crippen molar-refractivity contribution in [3.8, 4) is 11.5 Å². The summed E-state index contributed by atoms with van der Waals surface area (Å²) in [4.78, 5) is 19.7. The number of esters is 1. The Bertz CT molecular complexity index is 620. The molecular formula is C13H11ClN2O3S. The minimum absolute atomic E-state index is 0.0222. The van der Waals surface area contributed by atoms with Crippen molar-refractivity contribution in [3.05, 3.63) is 41.3 Å². The van der Waals surface area contributed by atoms with Crippen LogP contribution in [0.4, 0.5) is 0 Å². The topological polar surface area (TPSA) is 61.3 Å². The van der Waals surface area contributed by atoms with Crippen molar-refractivity contribution >= 4 is 29.3 Å². The number of hydrogen-bond acceptors (Lipinski definition) is 6. The molecule has 2 heterocycles. The zero-order chi connectivity index (χ0) is 14.5. The Balaban J connectivity index is 2.30. The minimum Gasteiger partial charge on any atom is -0.464 e. The first-order valence-corrected chi connectivity index (χ1v) is 7.17. The molecule has 5 nitrogen and oxygen atoms in total. The number of halogens is 1. The molecule has 104 valence electrons. The highest BCUT2D eigenvalue weighted by Crippen LogP contribution is 2.26. The normalized spacial score (nSPS) is 10.2. The number of aromatic nitrogens is 2. The molecule has 0 bridgehead atoms. The highest BCUT2D eigenvalue weighted by Gasteiger charge is 2.16. The van der Waals surface area contributed by atoms with Crippen LogP contribution < -0.4 is 4.74 Å². The molecule has 0 saturated carbocycles. The monoisotopic (exact) mass is 310 g/mol. The smallest absolute Gasteiger partial charge is 0.360 e. The van der Waals surface area contributed by atoms with E-state index in [4.69, 9.17) is 16.3 Å². The van der Waals surface area contributed by atoms with Gasteiger partial charge in [0.1, 0.15) is 10.9 Å². The van der Waals surface area contributed by atoms with Crippen molar-refractivity contribution in [1.82, 2.24) is 9.97 Å². The molecule has 0 aliphatic heterocycles. The first-order valence-electron chi connectivity index (χ1n) is 5.57. The predicted molar refractivity (Wildman–Crippen MR) is 76.7 cm³/mol. The molecule has 2 aromatic heterocycles. The van der Waals surface area contributed by atoms with Gasteiger partial charge in [0.15, 0.2) is 11.4 Å². The van der Waals surface area contributed by atoms with Gasteiger partial charge in [-0.15, -0.1) is 11.8 Å². The maximum Gasteiger partial charge on any atom is 0.360 e. The molecule has 0 fully saturated rings. The van der Waals surface area contributed by atoms with E-state index in [1.54, 1.807) is 18.3 Å². The Kier molecular flexibility index (Phi) is 4.81. The van der Waals surface area contributed by atoms with Crippen molar-refractivity contribution in [2.75, 3.05) is 13.4 Å². The summed E-state index contributed by atoms with van der Waals surface area (Å²) in [6.45, 7) is 0. The van der Waals surface area contributed by atoms with Gasteiger partial charge in [0.2, 0.25) is 0 Å². The van der Waals surface area contributed by atoms with Crippen LogP contribution in [0.2, 0.25) is 5.15 Å². The van der Waals surface area contributed by atoms with Gasteiger partial charge in [-0.05, 0) is 30.5 Å². The summed E-state index contributed by atoms with van der Waals surface area (Å²) in [5.74, 6) is 0.147. The summed E-state index contributed by atoms with van der Waals surface area (Å²) in [7, 11) is 1.27. The van der Waals surface area contributed by atoms with Crippen LogP contribution in [0.1, 0.15) is 10.5 Å². The van der Waals surface area contributed by atoms with Crippen molar-refractivity contribution in [2.24, 2.45) is 0 Å². The van der Waals surface area contributed by atoms with Crippen LogP contribution in [-0.4, -0.2) is 29.3 Å². The van der Waals surface area contributed by atoms with E-state index < -0.39 is 5.97 Å². The molecule has 0 aliphatic rings. The quantitative estimate of drug-likeness (QED) is 0.490. The van der Waals surface area contributed by atoms with Crippen molar-refractivity contribution in [2.45, 2.75) is 5.03 Å². The molecule has 2 rings (SSSR count). The molecule has 0 aromatic carbocycles. The summed E-state index contributed by atoms with van der Waals surface area (Å²) < 4.78 is 10.2. The van der Waals surface area contributed by atoms with Gasteiger partial charge in [0, 0.05) is 0 Å². The molecule has 0 saturated heterocycles. The van der Waals surface area contributed by atoms with Crippen molar-refractivity contribution in [3.63, 3.8) is 0 Å².